The number of benzene rings is 3. The number of allylic oxidation sites excluding steroid dienone is 4. The zero-order valence-electron chi connectivity index (χ0n) is 24.0. The highest BCUT2D eigenvalue weighted by Crippen LogP contribution is 2.53. The Labute approximate surface area is 250 Å². The number of amides is 2. The molecule has 2 unspecified atom stereocenters. The summed E-state index contributed by atoms with van der Waals surface area (Å²) in [5.41, 5.74) is 17.0. The van der Waals surface area contributed by atoms with Crippen LogP contribution in [0, 0.1) is 5.92 Å². The minimum Gasteiger partial charge on any atom is -0.457 e. The molecule has 2 aliphatic carbocycles. The third-order valence-electron chi connectivity index (χ3n) is 8.35. The lowest BCUT2D eigenvalue weighted by Gasteiger charge is -2.43. The number of rotatable bonds is 9. The van der Waals surface area contributed by atoms with Crippen LogP contribution in [0.2, 0.25) is 0 Å². The number of hydrogen-bond acceptors (Lipinski definition) is 6. The Morgan fingerprint density at radius 3 is 2.37 bits per heavy atom. The molecule has 1 aliphatic heterocycles. The average molecular weight is 575 g/mol. The van der Waals surface area contributed by atoms with Crippen molar-refractivity contribution < 1.29 is 19.1 Å². The van der Waals surface area contributed by atoms with E-state index in [2.05, 4.69) is 6.07 Å². The number of nitrogens with two attached hydrogens (primary N) is 2. The van der Waals surface area contributed by atoms with Crippen molar-refractivity contribution in [2.75, 3.05) is 33.2 Å². The maximum Gasteiger partial charge on any atom is 0.246 e. The lowest BCUT2D eigenvalue weighted by Crippen LogP contribution is -2.52. The molecule has 0 aromatic heterocycles. The van der Waals surface area contributed by atoms with Crippen LogP contribution < -0.4 is 16.2 Å². The first-order valence-corrected chi connectivity index (χ1v) is 14.4. The Morgan fingerprint density at radius 1 is 0.977 bits per heavy atom. The number of carbonyl (C=O) groups is 3. The van der Waals surface area contributed by atoms with Gasteiger partial charge in [-0.1, -0.05) is 60.7 Å². The molecule has 6 rings (SSSR count). The number of primary amides is 1. The second-order valence-electron chi connectivity index (χ2n) is 11.4. The molecule has 2 amide bonds. The van der Waals surface area contributed by atoms with Crippen LogP contribution in [0.5, 0.6) is 11.5 Å². The number of nitrogens with zero attached hydrogens (tertiary/aromatic N) is 2. The standard InChI is InChI=1S/C35H34N4O4/c1-38(21-30(37)40)17-7-12-31(41)39-19-23(20-39)32-27-11-6-5-10-26(27)28-18-29(36)33(35(42)34(28)32)22-13-15-25(16-14-22)43-24-8-3-2-4-9-24/h2-16,18,23,32-33H,17,19-21,36H2,1H3,(H2,37,40)/b12-7+. The fourth-order valence-electron chi connectivity index (χ4n) is 6.34. The Bertz CT molecular complexity index is 1650. The van der Waals surface area contributed by atoms with Crippen molar-refractivity contribution in [3.05, 3.63) is 125 Å². The van der Waals surface area contributed by atoms with E-state index < -0.39 is 11.8 Å². The van der Waals surface area contributed by atoms with E-state index in [1.165, 1.54) is 6.08 Å². The van der Waals surface area contributed by atoms with Crippen LogP contribution in [0.15, 0.2) is 108 Å². The second kappa shape index (κ2) is 11.7. The van der Waals surface area contributed by atoms with Gasteiger partial charge >= 0.3 is 0 Å². The number of ketones is 1. The minimum atomic E-state index is -0.584. The summed E-state index contributed by atoms with van der Waals surface area (Å²) < 4.78 is 5.94. The number of likely N-dealkylation sites (N-methyl/N-ethyl adjacent to an activating group) is 1. The molecule has 43 heavy (non-hydrogen) atoms. The first-order valence-electron chi connectivity index (χ1n) is 14.4. The third kappa shape index (κ3) is 5.61. The van der Waals surface area contributed by atoms with Crippen LogP contribution in [0.1, 0.15) is 28.5 Å². The molecular formula is C35H34N4O4. The van der Waals surface area contributed by atoms with Gasteiger partial charge in [-0.05, 0) is 59.7 Å². The van der Waals surface area contributed by atoms with E-state index in [9.17, 15) is 14.4 Å². The minimum absolute atomic E-state index is 0.00934. The van der Waals surface area contributed by atoms with E-state index >= 15 is 0 Å². The molecule has 2 atom stereocenters. The molecule has 3 aromatic carbocycles. The summed E-state index contributed by atoms with van der Waals surface area (Å²) in [5.74, 6) is 0.351. The highest BCUT2D eigenvalue weighted by Gasteiger charge is 2.47. The van der Waals surface area contributed by atoms with E-state index in [0.717, 1.165) is 33.6 Å². The van der Waals surface area contributed by atoms with Crippen molar-refractivity contribution >= 4 is 23.2 Å². The number of fused-ring (bicyclic) bond motifs is 2. The summed E-state index contributed by atoms with van der Waals surface area (Å²) in [5, 5.41) is 0. The number of carbonyl (C=O) groups excluding carboxylic acids is 3. The van der Waals surface area contributed by atoms with Gasteiger partial charge < -0.3 is 21.1 Å². The number of likely N-dealkylation sites (tertiary alicyclic amines) is 1. The predicted octanol–water partition coefficient (Wildman–Crippen LogP) is 3.97. The quantitative estimate of drug-likeness (QED) is 0.374. The Balaban J connectivity index is 1.19. The number of para-hydroxylation sites is 1. The normalized spacial score (nSPS) is 19.7. The summed E-state index contributed by atoms with van der Waals surface area (Å²) in [6, 6.07) is 25.2. The van der Waals surface area contributed by atoms with Gasteiger partial charge in [0, 0.05) is 48.8 Å². The van der Waals surface area contributed by atoms with Crippen molar-refractivity contribution in [1.29, 1.82) is 0 Å². The molecule has 0 bridgehead atoms. The topological polar surface area (TPSA) is 119 Å². The van der Waals surface area contributed by atoms with Gasteiger partial charge in [0.05, 0.1) is 12.5 Å². The Hall–Kier alpha value is -4.95. The van der Waals surface area contributed by atoms with Crippen molar-refractivity contribution in [2.24, 2.45) is 17.4 Å². The van der Waals surface area contributed by atoms with Crippen LogP contribution in [0.25, 0.3) is 5.57 Å². The molecule has 3 aromatic rings. The van der Waals surface area contributed by atoms with Crippen LogP contribution >= 0.6 is 0 Å². The third-order valence-corrected chi connectivity index (χ3v) is 8.35. The molecule has 0 saturated carbocycles. The highest BCUT2D eigenvalue weighted by atomic mass is 16.5. The molecule has 0 spiro atoms. The first kappa shape index (κ1) is 28.2. The molecule has 218 valence electrons. The lowest BCUT2D eigenvalue weighted by atomic mass is 9.73. The van der Waals surface area contributed by atoms with E-state index in [0.29, 0.717) is 31.1 Å². The number of Topliss-reactive ketones (excluding diaryl/α,β-unsaturated/α-hetero) is 1. The summed E-state index contributed by atoms with van der Waals surface area (Å²) in [7, 11) is 1.77. The maximum atomic E-state index is 14.3. The fraction of sp³-hybridized carbons (Fsp3) is 0.229. The van der Waals surface area contributed by atoms with Crippen molar-refractivity contribution in [2.45, 2.75) is 11.8 Å². The number of ether oxygens (including phenoxy) is 1. The zero-order valence-corrected chi connectivity index (χ0v) is 24.0. The van der Waals surface area contributed by atoms with Gasteiger partial charge in [0.1, 0.15) is 11.5 Å². The molecule has 1 heterocycles. The monoisotopic (exact) mass is 574 g/mol. The molecular weight excluding hydrogens is 540 g/mol. The predicted molar refractivity (Wildman–Crippen MR) is 165 cm³/mol. The zero-order chi connectivity index (χ0) is 30.1. The van der Waals surface area contributed by atoms with E-state index in [1.54, 1.807) is 22.9 Å². The number of hydrogen-bond donors (Lipinski definition) is 2. The molecule has 1 fully saturated rings. The first-order chi connectivity index (χ1) is 20.8. The molecule has 3 aliphatic rings. The van der Waals surface area contributed by atoms with Crippen LogP contribution in [-0.4, -0.2) is 60.6 Å². The summed E-state index contributed by atoms with van der Waals surface area (Å²) in [6.07, 6.45) is 5.24. The summed E-state index contributed by atoms with van der Waals surface area (Å²) in [4.78, 5) is 41.7. The molecule has 4 N–H and O–H groups in total. The second-order valence-corrected chi connectivity index (χ2v) is 11.4. The summed E-state index contributed by atoms with van der Waals surface area (Å²) in [6.45, 7) is 1.68. The molecule has 0 radical (unpaired) electrons. The van der Waals surface area contributed by atoms with E-state index in [4.69, 9.17) is 16.2 Å². The average Bonchev–Trinajstić information content (AvgIpc) is 3.27. The van der Waals surface area contributed by atoms with Gasteiger partial charge in [-0.15, -0.1) is 0 Å². The largest absolute Gasteiger partial charge is 0.457 e. The van der Waals surface area contributed by atoms with Gasteiger partial charge in [-0.2, -0.15) is 0 Å². The van der Waals surface area contributed by atoms with Crippen LogP contribution in [0.3, 0.4) is 0 Å². The smallest absolute Gasteiger partial charge is 0.246 e. The molecule has 1 saturated heterocycles. The summed E-state index contributed by atoms with van der Waals surface area (Å²) >= 11 is 0. The Morgan fingerprint density at radius 2 is 1.65 bits per heavy atom. The van der Waals surface area contributed by atoms with Crippen molar-refractivity contribution in [3.63, 3.8) is 0 Å². The van der Waals surface area contributed by atoms with Crippen LogP contribution in [0.4, 0.5) is 0 Å². The van der Waals surface area contributed by atoms with Crippen molar-refractivity contribution in [3.8, 4) is 11.5 Å². The van der Waals surface area contributed by atoms with Crippen LogP contribution in [-0.2, 0) is 14.4 Å². The van der Waals surface area contributed by atoms with Gasteiger partial charge in [-0.3, -0.25) is 19.3 Å². The Kier molecular flexibility index (Phi) is 7.69. The van der Waals surface area contributed by atoms with Gasteiger partial charge in [-0.25, -0.2) is 0 Å². The van der Waals surface area contributed by atoms with Gasteiger partial charge in [0.15, 0.2) is 5.78 Å². The highest BCUT2D eigenvalue weighted by molar-refractivity contribution is 6.15. The van der Waals surface area contributed by atoms with Crippen molar-refractivity contribution in [1.82, 2.24) is 9.80 Å². The lowest BCUT2D eigenvalue weighted by molar-refractivity contribution is -0.132. The SMILES string of the molecule is CN(C/C=C/C(=O)N1CC(C2C3=C(C=C(N)C(c4ccc(Oc5ccccc5)cc4)C3=O)c3ccccc32)C1)CC(N)=O. The molecule has 8 heteroatoms. The molecule has 8 nitrogen and oxygen atoms in total. The van der Waals surface area contributed by atoms with Gasteiger partial charge in [0.2, 0.25) is 11.8 Å². The van der Waals surface area contributed by atoms with E-state index in [1.807, 2.05) is 78.9 Å². The maximum absolute atomic E-state index is 14.3. The van der Waals surface area contributed by atoms with Gasteiger partial charge in [0.25, 0.3) is 0 Å². The van der Waals surface area contributed by atoms with E-state index in [-0.39, 0.29) is 30.1 Å². The fourth-order valence-corrected chi connectivity index (χ4v) is 6.34.